The lowest BCUT2D eigenvalue weighted by Crippen LogP contribution is -2.35. The fraction of sp³-hybridized carbons (Fsp3) is 0.263. The van der Waals surface area contributed by atoms with Crippen LogP contribution >= 0.6 is 0 Å². The molecule has 0 heterocycles. The highest BCUT2D eigenvalue weighted by Gasteiger charge is 2.18. The number of anilines is 1. The van der Waals surface area contributed by atoms with Gasteiger partial charge in [0.15, 0.2) is 0 Å². The van der Waals surface area contributed by atoms with E-state index < -0.39 is 21.8 Å². The molecule has 0 fully saturated rings. The first-order chi connectivity index (χ1) is 13.7. The first-order valence-electron chi connectivity index (χ1n) is 8.51. The SMILES string of the molecule is COc1ccc(NC(=O)C(=O)NCc2ccc(S(=O)(=O)N(C)C)cc2)c(OC)c1. The van der Waals surface area contributed by atoms with Crippen LogP contribution in [0.25, 0.3) is 0 Å². The fourth-order valence-electron chi connectivity index (χ4n) is 2.33. The molecule has 9 nitrogen and oxygen atoms in total. The van der Waals surface area contributed by atoms with Gasteiger partial charge < -0.3 is 20.1 Å². The molecule has 156 valence electrons. The fourth-order valence-corrected chi connectivity index (χ4v) is 3.24. The summed E-state index contributed by atoms with van der Waals surface area (Å²) in [5, 5.41) is 4.96. The predicted molar refractivity (Wildman–Crippen MR) is 107 cm³/mol. The van der Waals surface area contributed by atoms with Gasteiger partial charge in [-0.1, -0.05) is 12.1 Å². The Labute approximate surface area is 169 Å². The van der Waals surface area contributed by atoms with Crippen molar-refractivity contribution < 1.29 is 27.5 Å². The van der Waals surface area contributed by atoms with E-state index >= 15 is 0 Å². The lowest BCUT2D eigenvalue weighted by Gasteiger charge is -2.12. The van der Waals surface area contributed by atoms with Crippen molar-refractivity contribution >= 4 is 27.5 Å². The van der Waals surface area contributed by atoms with E-state index in [0.717, 1.165) is 4.31 Å². The molecule has 0 spiro atoms. The predicted octanol–water partition coefficient (Wildman–Crippen LogP) is 1.21. The Morgan fingerprint density at radius 2 is 1.62 bits per heavy atom. The van der Waals surface area contributed by atoms with E-state index in [2.05, 4.69) is 10.6 Å². The smallest absolute Gasteiger partial charge is 0.313 e. The molecule has 29 heavy (non-hydrogen) atoms. The van der Waals surface area contributed by atoms with Gasteiger partial charge in [0.05, 0.1) is 24.8 Å². The number of nitrogens with one attached hydrogen (secondary N) is 2. The number of carbonyl (C=O) groups excluding carboxylic acids is 2. The number of nitrogens with zero attached hydrogens (tertiary/aromatic N) is 1. The Morgan fingerprint density at radius 3 is 2.17 bits per heavy atom. The van der Waals surface area contributed by atoms with E-state index in [9.17, 15) is 18.0 Å². The molecule has 0 bridgehead atoms. The Hall–Kier alpha value is -3.11. The summed E-state index contributed by atoms with van der Waals surface area (Å²) in [4.78, 5) is 24.3. The third-order valence-corrected chi connectivity index (χ3v) is 5.85. The van der Waals surface area contributed by atoms with Crippen molar-refractivity contribution in [3.8, 4) is 11.5 Å². The second-order valence-corrected chi connectivity index (χ2v) is 8.29. The molecule has 0 radical (unpaired) electrons. The van der Waals surface area contributed by atoms with Gasteiger partial charge in [-0.25, -0.2) is 12.7 Å². The third kappa shape index (κ3) is 5.46. The van der Waals surface area contributed by atoms with Crippen LogP contribution in [0.1, 0.15) is 5.56 Å². The van der Waals surface area contributed by atoms with Gasteiger partial charge in [-0.05, 0) is 29.8 Å². The Morgan fingerprint density at radius 1 is 0.966 bits per heavy atom. The van der Waals surface area contributed by atoms with Crippen molar-refractivity contribution in [3.63, 3.8) is 0 Å². The van der Waals surface area contributed by atoms with Gasteiger partial charge in [0.25, 0.3) is 0 Å². The number of ether oxygens (including phenoxy) is 2. The molecule has 2 N–H and O–H groups in total. The van der Waals surface area contributed by atoms with Crippen molar-refractivity contribution in [2.75, 3.05) is 33.6 Å². The zero-order chi connectivity index (χ0) is 21.6. The summed E-state index contributed by atoms with van der Waals surface area (Å²) >= 11 is 0. The van der Waals surface area contributed by atoms with Gasteiger partial charge in [-0.2, -0.15) is 0 Å². The second-order valence-electron chi connectivity index (χ2n) is 6.13. The molecule has 0 atom stereocenters. The number of rotatable bonds is 7. The molecule has 0 aliphatic rings. The average molecular weight is 421 g/mol. The summed E-state index contributed by atoms with van der Waals surface area (Å²) in [7, 11) is 2.30. The summed E-state index contributed by atoms with van der Waals surface area (Å²) in [6, 6.07) is 10.8. The standard InChI is InChI=1S/C19H23N3O6S/c1-22(2)29(25,26)15-8-5-13(6-9-15)12-20-18(23)19(24)21-16-10-7-14(27-3)11-17(16)28-4/h5-11H,12H2,1-4H3,(H,20,23)(H,21,24). The minimum Gasteiger partial charge on any atom is -0.497 e. The molecule has 2 aromatic carbocycles. The maximum atomic E-state index is 12.1. The number of sulfonamides is 1. The first-order valence-corrected chi connectivity index (χ1v) is 9.95. The zero-order valence-corrected chi connectivity index (χ0v) is 17.4. The van der Waals surface area contributed by atoms with E-state index in [4.69, 9.17) is 9.47 Å². The average Bonchev–Trinajstić information content (AvgIpc) is 2.72. The molecule has 2 aromatic rings. The van der Waals surface area contributed by atoms with Gasteiger partial charge in [-0.15, -0.1) is 0 Å². The topological polar surface area (TPSA) is 114 Å². The van der Waals surface area contributed by atoms with Crippen molar-refractivity contribution in [2.24, 2.45) is 0 Å². The van der Waals surface area contributed by atoms with Gasteiger partial charge in [0.1, 0.15) is 11.5 Å². The minimum atomic E-state index is -3.52. The van der Waals surface area contributed by atoms with Crippen LogP contribution < -0.4 is 20.1 Å². The largest absolute Gasteiger partial charge is 0.497 e. The Bertz CT molecular complexity index is 988. The van der Waals surface area contributed by atoms with Crippen molar-refractivity contribution in [2.45, 2.75) is 11.4 Å². The molecule has 2 amide bonds. The number of carbonyl (C=O) groups is 2. The van der Waals surface area contributed by atoms with Crippen LogP contribution in [0.4, 0.5) is 5.69 Å². The number of amides is 2. The lowest BCUT2D eigenvalue weighted by molar-refractivity contribution is -0.136. The molecule has 0 aromatic heterocycles. The second kappa shape index (κ2) is 9.39. The normalized spacial score (nSPS) is 11.1. The van der Waals surface area contributed by atoms with Gasteiger partial charge in [0.2, 0.25) is 10.0 Å². The van der Waals surface area contributed by atoms with Crippen LogP contribution in [0.3, 0.4) is 0 Å². The van der Waals surface area contributed by atoms with Crippen LogP contribution in [0, 0.1) is 0 Å². The first kappa shape index (κ1) is 22.2. The maximum Gasteiger partial charge on any atom is 0.313 e. The molecular weight excluding hydrogens is 398 g/mol. The molecular formula is C19H23N3O6S. The van der Waals surface area contributed by atoms with E-state index in [-0.39, 0.29) is 11.4 Å². The Balaban J connectivity index is 1.98. The van der Waals surface area contributed by atoms with E-state index in [1.54, 1.807) is 30.3 Å². The highest BCUT2D eigenvalue weighted by atomic mass is 32.2. The zero-order valence-electron chi connectivity index (χ0n) is 16.6. The maximum absolute atomic E-state index is 12.1. The van der Waals surface area contributed by atoms with E-state index in [1.165, 1.54) is 40.4 Å². The number of benzene rings is 2. The van der Waals surface area contributed by atoms with Gasteiger partial charge >= 0.3 is 11.8 Å². The van der Waals surface area contributed by atoms with Crippen molar-refractivity contribution in [1.29, 1.82) is 0 Å². The van der Waals surface area contributed by atoms with Crippen LogP contribution in [-0.4, -0.2) is 52.9 Å². The number of hydrogen-bond acceptors (Lipinski definition) is 6. The highest BCUT2D eigenvalue weighted by molar-refractivity contribution is 7.89. The summed E-state index contributed by atoms with van der Waals surface area (Å²) in [6.07, 6.45) is 0. The quantitative estimate of drug-likeness (QED) is 0.650. The molecule has 0 saturated carbocycles. The van der Waals surface area contributed by atoms with Crippen molar-refractivity contribution in [1.82, 2.24) is 9.62 Å². The van der Waals surface area contributed by atoms with Gasteiger partial charge in [-0.3, -0.25) is 9.59 Å². The van der Waals surface area contributed by atoms with Crippen LogP contribution in [0.2, 0.25) is 0 Å². The monoisotopic (exact) mass is 421 g/mol. The summed E-state index contributed by atoms with van der Waals surface area (Å²) in [5.41, 5.74) is 0.970. The van der Waals surface area contributed by atoms with Gasteiger partial charge in [0, 0.05) is 26.7 Å². The molecule has 0 unspecified atom stereocenters. The van der Waals surface area contributed by atoms with Crippen molar-refractivity contribution in [3.05, 3.63) is 48.0 Å². The number of methoxy groups -OCH3 is 2. The van der Waals surface area contributed by atoms with Crippen LogP contribution in [0.5, 0.6) is 11.5 Å². The Kier molecular flexibility index (Phi) is 7.18. The number of hydrogen-bond donors (Lipinski definition) is 2. The molecule has 2 rings (SSSR count). The molecule has 10 heteroatoms. The third-order valence-electron chi connectivity index (χ3n) is 4.02. The van der Waals surface area contributed by atoms with E-state index in [1.807, 2.05) is 0 Å². The summed E-state index contributed by atoms with van der Waals surface area (Å²) in [6.45, 7) is 0.0638. The molecule has 0 aliphatic carbocycles. The lowest BCUT2D eigenvalue weighted by atomic mass is 10.2. The minimum absolute atomic E-state index is 0.0638. The molecule has 0 saturated heterocycles. The van der Waals surface area contributed by atoms with Crippen LogP contribution in [-0.2, 0) is 26.2 Å². The highest BCUT2D eigenvalue weighted by Crippen LogP contribution is 2.28. The molecule has 0 aliphatic heterocycles. The van der Waals surface area contributed by atoms with Crippen LogP contribution in [0.15, 0.2) is 47.4 Å². The summed E-state index contributed by atoms with van der Waals surface area (Å²) < 4.78 is 35.5. The van der Waals surface area contributed by atoms with E-state index in [0.29, 0.717) is 22.7 Å². The summed E-state index contributed by atoms with van der Waals surface area (Å²) in [5.74, 6) is -0.805.